The fourth-order valence-electron chi connectivity index (χ4n) is 3.08. The zero-order valence-corrected chi connectivity index (χ0v) is 13.1. The summed E-state index contributed by atoms with van der Waals surface area (Å²) in [6.45, 7) is 0. The molecule has 0 aliphatic heterocycles. The maximum Gasteiger partial charge on any atom is 0.0815 e. The number of hydrogen-bond acceptors (Lipinski definition) is 3. The molecule has 116 valence electrons. The van der Waals surface area contributed by atoms with E-state index in [9.17, 15) is 0 Å². The molecule has 3 N–H and O–H groups in total. The molecule has 0 spiro atoms. The standard InChI is InChI=1S/C21H17N3/c22-24-21-18-14-8-7-13-17(18)20(23-16-11-5-2-6-12-16)19(21)15-9-3-1-4-10-15/h1-14,24H,22H2. The van der Waals surface area contributed by atoms with Crippen molar-refractivity contribution in [2.75, 3.05) is 0 Å². The van der Waals surface area contributed by atoms with Crippen molar-refractivity contribution in [2.24, 2.45) is 10.8 Å². The van der Waals surface area contributed by atoms with Crippen LogP contribution in [0, 0.1) is 0 Å². The molecule has 0 fully saturated rings. The highest BCUT2D eigenvalue weighted by molar-refractivity contribution is 6.42. The van der Waals surface area contributed by atoms with E-state index in [4.69, 9.17) is 10.8 Å². The Kier molecular flexibility index (Phi) is 3.69. The number of rotatable bonds is 3. The number of nitrogens with one attached hydrogen (secondary N) is 1. The molecule has 3 aromatic rings. The molecular formula is C21H17N3. The number of hydrazine groups is 1. The molecule has 24 heavy (non-hydrogen) atoms. The van der Waals surface area contributed by atoms with Crippen molar-refractivity contribution < 1.29 is 0 Å². The van der Waals surface area contributed by atoms with Crippen LogP contribution in [-0.2, 0) is 0 Å². The van der Waals surface area contributed by atoms with Crippen LogP contribution >= 0.6 is 0 Å². The monoisotopic (exact) mass is 311 g/mol. The van der Waals surface area contributed by atoms with E-state index in [0.29, 0.717) is 0 Å². The lowest BCUT2D eigenvalue weighted by molar-refractivity contribution is 0.997. The Morgan fingerprint density at radius 2 is 1.25 bits per heavy atom. The van der Waals surface area contributed by atoms with Gasteiger partial charge in [-0.3, -0.25) is 5.84 Å². The van der Waals surface area contributed by atoms with E-state index in [-0.39, 0.29) is 0 Å². The largest absolute Gasteiger partial charge is 0.323 e. The van der Waals surface area contributed by atoms with Crippen molar-refractivity contribution in [1.82, 2.24) is 5.43 Å². The molecule has 0 saturated heterocycles. The Bertz CT molecular complexity index is 926. The van der Waals surface area contributed by atoms with Gasteiger partial charge in [0.15, 0.2) is 0 Å². The lowest BCUT2D eigenvalue weighted by Gasteiger charge is -2.09. The van der Waals surface area contributed by atoms with Gasteiger partial charge in [-0.15, -0.1) is 0 Å². The van der Waals surface area contributed by atoms with E-state index in [2.05, 4.69) is 29.7 Å². The first kappa shape index (κ1) is 14.4. The normalized spacial score (nSPS) is 14.8. The van der Waals surface area contributed by atoms with Gasteiger partial charge in [0.25, 0.3) is 0 Å². The van der Waals surface area contributed by atoms with Crippen LogP contribution in [0.25, 0.3) is 11.3 Å². The number of aliphatic imine (C=N–C) groups is 1. The number of nitrogens with zero attached hydrogens (tertiary/aromatic N) is 1. The van der Waals surface area contributed by atoms with Gasteiger partial charge in [0.05, 0.1) is 17.1 Å². The minimum absolute atomic E-state index is 0.909. The summed E-state index contributed by atoms with van der Waals surface area (Å²) >= 11 is 0. The van der Waals surface area contributed by atoms with Crippen molar-refractivity contribution in [2.45, 2.75) is 0 Å². The van der Waals surface area contributed by atoms with Gasteiger partial charge in [-0.1, -0.05) is 72.8 Å². The van der Waals surface area contributed by atoms with Crippen LogP contribution in [0.1, 0.15) is 16.7 Å². The third-order valence-corrected chi connectivity index (χ3v) is 4.14. The average Bonchev–Trinajstić information content (AvgIpc) is 2.97. The van der Waals surface area contributed by atoms with Crippen molar-refractivity contribution in [3.63, 3.8) is 0 Å². The van der Waals surface area contributed by atoms with Crippen molar-refractivity contribution in [1.29, 1.82) is 0 Å². The summed E-state index contributed by atoms with van der Waals surface area (Å²) in [7, 11) is 0. The smallest absolute Gasteiger partial charge is 0.0815 e. The SMILES string of the molecule is NNC1=C(c2ccccc2)C(=Nc2ccccc2)c2ccccc21. The molecule has 0 saturated carbocycles. The minimum atomic E-state index is 0.909. The number of benzene rings is 3. The molecular weight excluding hydrogens is 294 g/mol. The molecule has 0 unspecified atom stereocenters. The summed E-state index contributed by atoms with van der Waals surface area (Å²) < 4.78 is 0. The average molecular weight is 311 g/mol. The van der Waals surface area contributed by atoms with Crippen LogP contribution < -0.4 is 11.3 Å². The third kappa shape index (κ3) is 2.41. The fourth-order valence-corrected chi connectivity index (χ4v) is 3.08. The van der Waals surface area contributed by atoms with Crippen LogP contribution in [-0.4, -0.2) is 5.71 Å². The molecule has 0 atom stereocenters. The molecule has 0 bridgehead atoms. The zero-order chi connectivity index (χ0) is 16.4. The van der Waals surface area contributed by atoms with Crippen molar-refractivity contribution in [3.05, 3.63) is 102 Å². The van der Waals surface area contributed by atoms with Gasteiger partial charge in [-0.25, -0.2) is 4.99 Å². The second kappa shape index (κ2) is 6.14. The van der Waals surface area contributed by atoms with E-state index in [1.54, 1.807) is 0 Å². The summed E-state index contributed by atoms with van der Waals surface area (Å²) in [6, 6.07) is 28.4. The molecule has 0 radical (unpaired) electrons. The first-order chi connectivity index (χ1) is 11.9. The highest BCUT2D eigenvalue weighted by atomic mass is 15.2. The Labute approximate surface area is 141 Å². The van der Waals surface area contributed by atoms with Gasteiger partial charge >= 0.3 is 0 Å². The van der Waals surface area contributed by atoms with E-state index in [1.807, 2.05) is 60.7 Å². The van der Waals surface area contributed by atoms with Crippen LogP contribution in [0.15, 0.2) is 89.9 Å². The molecule has 1 aliphatic carbocycles. The number of fused-ring (bicyclic) bond motifs is 1. The summed E-state index contributed by atoms with van der Waals surface area (Å²) in [4.78, 5) is 4.92. The van der Waals surface area contributed by atoms with Gasteiger partial charge in [0.2, 0.25) is 0 Å². The van der Waals surface area contributed by atoms with Gasteiger partial charge in [-0.2, -0.15) is 0 Å². The highest BCUT2D eigenvalue weighted by Gasteiger charge is 2.28. The van der Waals surface area contributed by atoms with E-state index in [0.717, 1.165) is 39.4 Å². The quantitative estimate of drug-likeness (QED) is 0.564. The van der Waals surface area contributed by atoms with Gasteiger partial charge < -0.3 is 5.43 Å². The molecule has 0 amide bonds. The topological polar surface area (TPSA) is 50.4 Å². The molecule has 3 nitrogen and oxygen atoms in total. The second-order valence-electron chi connectivity index (χ2n) is 5.60. The molecule has 0 aromatic heterocycles. The van der Waals surface area contributed by atoms with Crippen LogP contribution in [0.4, 0.5) is 5.69 Å². The van der Waals surface area contributed by atoms with Gasteiger partial charge in [0.1, 0.15) is 0 Å². The first-order valence-corrected chi connectivity index (χ1v) is 7.88. The number of para-hydroxylation sites is 1. The van der Waals surface area contributed by atoms with Crippen molar-refractivity contribution in [3.8, 4) is 0 Å². The Morgan fingerprint density at radius 3 is 1.92 bits per heavy atom. The summed E-state index contributed by atoms with van der Waals surface area (Å²) in [5.41, 5.74) is 9.95. The minimum Gasteiger partial charge on any atom is -0.323 e. The van der Waals surface area contributed by atoms with Gasteiger partial charge in [0, 0.05) is 16.7 Å². The summed E-state index contributed by atoms with van der Waals surface area (Å²) in [6.07, 6.45) is 0. The number of nitrogens with two attached hydrogens (primary N) is 1. The number of hydrogen-bond donors (Lipinski definition) is 2. The lowest BCUT2D eigenvalue weighted by Crippen LogP contribution is -2.20. The number of allylic oxidation sites excluding steroid dienone is 1. The predicted octanol–water partition coefficient (Wildman–Crippen LogP) is 4.15. The molecule has 4 rings (SSSR count). The Balaban J connectivity index is 1.98. The lowest BCUT2D eigenvalue weighted by atomic mass is 10.0. The molecule has 3 heteroatoms. The summed E-state index contributed by atoms with van der Waals surface area (Å²) in [5, 5.41) is 0. The van der Waals surface area contributed by atoms with Crippen LogP contribution in [0.2, 0.25) is 0 Å². The maximum atomic E-state index is 5.87. The van der Waals surface area contributed by atoms with Crippen LogP contribution in [0.3, 0.4) is 0 Å². The zero-order valence-electron chi connectivity index (χ0n) is 13.1. The first-order valence-electron chi connectivity index (χ1n) is 7.88. The van der Waals surface area contributed by atoms with Crippen LogP contribution in [0.5, 0.6) is 0 Å². The Hall–Kier alpha value is -3.17. The molecule has 0 heterocycles. The van der Waals surface area contributed by atoms with E-state index < -0.39 is 0 Å². The van der Waals surface area contributed by atoms with E-state index >= 15 is 0 Å². The highest BCUT2D eigenvalue weighted by Crippen LogP contribution is 2.38. The van der Waals surface area contributed by atoms with E-state index in [1.165, 1.54) is 0 Å². The maximum absolute atomic E-state index is 5.87. The predicted molar refractivity (Wildman–Crippen MR) is 99.7 cm³/mol. The molecule has 3 aromatic carbocycles. The van der Waals surface area contributed by atoms with Gasteiger partial charge in [-0.05, 0) is 17.7 Å². The fraction of sp³-hybridized carbons (Fsp3) is 0. The Morgan fingerprint density at radius 1 is 0.667 bits per heavy atom. The third-order valence-electron chi connectivity index (χ3n) is 4.14. The van der Waals surface area contributed by atoms with Crippen molar-refractivity contribution >= 4 is 22.7 Å². The summed E-state index contributed by atoms with van der Waals surface area (Å²) in [5.74, 6) is 5.87. The molecule has 1 aliphatic rings. The second-order valence-corrected chi connectivity index (χ2v) is 5.60.